The summed E-state index contributed by atoms with van der Waals surface area (Å²) in [5, 5.41) is 8.02. The van der Waals surface area contributed by atoms with Gasteiger partial charge < -0.3 is 14.8 Å². The molecule has 0 saturated heterocycles. The van der Waals surface area contributed by atoms with E-state index in [-0.39, 0.29) is 0 Å². The van der Waals surface area contributed by atoms with Gasteiger partial charge in [-0.3, -0.25) is 0 Å². The van der Waals surface area contributed by atoms with Crippen molar-refractivity contribution in [2.45, 2.75) is 13.5 Å². The minimum absolute atomic E-state index is 0.597. The first-order chi connectivity index (χ1) is 11.8. The van der Waals surface area contributed by atoms with Crippen LogP contribution < -0.4 is 14.8 Å². The Kier molecular flexibility index (Phi) is 3.83. The highest BCUT2D eigenvalue weighted by Gasteiger charge is 2.12. The lowest BCUT2D eigenvalue weighted by Crippen LogP contribution is -2.15. The fourth-order valence-corrected chi connectivity index (χ4v) is 2.73. The first kappa shape index (κ1) is 14.6. The molecule has 0 radical (unpaired) electrons. The second-order valence-corrected chi connectivity index (χ2v) is 5.73. The van der Waals surface area contributed by atoms with E-state index >= 15 is 0 Å². The topological polar surface area (TPSA) is 48.3 Å². The Bertz CT molecular complexity index is 843. The van der Waals surface area contributed by atoms with Crippen LogP contribution in [0.5, 0.6) is 11.5 Å². The monoisotopic (exact) mass is 321 g/mol. The molecule has 2 aromatic carbocycles. The molecule has 1 aromatic heterocycles. The molecule has 24 heavy (non-hydrogen) atoms. The van der Waals surface area contributed by atoms with Crippen molar-refractivity contribution in [1.29, 1.82) is 0 Å². The van der Waals surface area contributed by atoms with Gasteiger partial charge in [-0.25, -0.2) is 4.68 Å². The van der Waals surface area contributed by atoms with E-state index in [0.717, 1.165) is 34.1 Å². The van der Waals surface area contributed by atoms with Crippen LogP contribution in [0.1, 0.15) is 11.3 Å². The van der Waals surface area contributed by atoms with Crippen molar-refractivity contribution in [3.63, 3.8) is 0 Å². The predicted molar refractivity (Wildman–Crippen MR) is 93.1 cm³/mol. The number of hydrogen-bond acceptors (Lipinski definition) is 4. The molecule has 0 aliphatic carbocycles. The predicted octanol–water partition coefficient (Wildman–Crippen LogP) is 3.56. The van der Waals surface area contributed by atoms with Gasteiger partial charge in [-0.2, -0.15) is 5.10 Å². The fourth-order valence-electron chi connectivity index (χ4n) is 2.73. The Hall–Kier alpha value is -2.95. The van der Waals surface area contributed by atoms with Gasteiger partial charge in [-0.15, -0.1) is 0 Å². The highest BCUT2D eigenvalue weighted by Crippen LogP contribution is 2.32. The van der Waals surface area contributed by atoms with Gasteiger partial charge in [-0.05, 0) is 31.2 Å². The molecule has 0 spiro atoms. The van der Waals surface area contributed by atoms with Crippen molar-refractivity contribution in [3.05, 3.63) is 66.0 Å². The zero-order valence-electron chi connectivity index (χ0n) is 13.5. The summed E-state index contributed by atoms with van der Waals surface area (Å²) in [5.74, 6) is 1.60. The van der Waals surface area contributed by atoms with Gasteiger partial charge in [0.1, 0.15) is 13.2 Å². The van der Waals surface area contributed by atoms with Crippen molar-refractivity contribution >= 4 is 5.69 Å². The molecule has 5 heteroatoms. The van der Waals surface area contributed by atoms with Crippen molar-refractivity contribution in [3.8, 4) is 17.2 Å². The molecule has 1 aliphatic rings. The number of nitrogens with zero attached hydrogens (tertiary/aromatic N) is 2. The first-order valence-corrected chi connectivity index (χ1v) is 8.04. The first-order valence-electron chi connectivity index (χ1n) is 8.04. The number of aromatic nitrogens is 2. The quantitative estimate of drug-likeness (QED) is 0.798. The second kappa shape index (κ2) is 6.28. The van der Waals surface area contributed by atoms with Gasteiger partial charge in [0.15, 0.2) is 11.5 Å². The minimum atomic E-state index is 0.597. The average Bonchev–Trinajstić information content (AvgIpc) is 3.01. The van der Waals surface area contributed by atoms with Crippen LogP contribution in [0.4, 0.5) is 5.69 Å². The van der Waals surface area contributed by atoms with Crippen LogP contribution in [-0.4, -0.2) is 23.0 Å². The molecule has 1 aliphatic heterocycles. The van der Waals surface area contributed by atoms with Gasteiger partial charge in [0, 0.05) is 30.1 Å². The third-order valence-corrected chi connectivity index (χ3v) is 4.05. The van der Waals surface area contributed by atoms with E-state index in [1.54, 1.807) is 0 Å². The Morgan fingerprint density at radius 3 is 2.67 bits per heavy atom. The Balaban J connectivity index is 1.49. The summed E-state index contributed by atoms with van der Waals surface area (Å²) in [4.78, 5) is 0. The highest BCUT2D eigenvalue weighted by atomic mass is 16.6. The molecule has 4 rings (SSSR count). The van der Waals surface area contributed by atoms with Crippen LogP contribution in [0.3, 0.4) is 0 Å². The molecule has 2 heterocycles. The molecule has 5 nitrogen and oxygen atoms in total. The van der Waals surface area contributed by atoms with E-state index in [2.05, 4.69) is 16.6 Å². The molecule has 0 bridgehead atoms. The van der Waals surface area contributed by atoms with E-state index in [0.29, 0.717) is 19.8 Å². The highest BCUT2D eigenvalue weighted by molar-refractivity contribution is 5.55. The van der Waals surface area contributed by atoms with Crippen molar-refractivity contribution in [2.24, 2.45) is 0 Å². The van der Waals surface area contributed by atoms with E-state index in [1.165, 1.54) is 0 Å². The van der Waals surface area contributed by atoms with Crippen molar-refractivity contribution in [1.82, 2.24) is 9.78 Å². The minimum Gasteiger partial charge on any atom is -0.486 e. The molecule has 0 saturated carbocycles. The number of hydrogen-bond donors (Lipinski definition) is 1. The summed E-state index contributed by atoms with van der Waals surface area (Å²) >= 11 is 0. The fraction of sp³-hybridized carbons (Fsp3) is 0.211. The third kappa shape index (κ3) is 2.93. The molecule has 0 unspecified atom stereocenters. The molecule has 0 fully saturated rings. The van der Waals surface area contributed by atoms with E-state index in [4.69, 9.17) is 9.47 Å². The summed E-state index contributed by atoms with van der Waals surface area (Å²) < 4.78 is 13.1. The zero-order valence-corrected chi connectivity index (χ0v) is 13.5. The number of anilines is 1. The van der Waals surface area contributed by atoms with Crippen LogP contribution in [0.2, 0.25) is 0 Å². The number of benzene rings is 2. The molecule has 122 valence electrons. The summed E-state index contributed by atoms with van der Waals surface area (Å²) in [6.45, 7) is 3.94. The maximum Gasteiger partial charge on any atom is 0.163 e. The van der Waals surface area contributed by atoms with Gasteiger partial charge >= 0.3 is 0 Å². The third-order valence-electron chi connectivity index (χ3n) is 4.05. The normalized spacial score (nSPS) is 12.9. The van der Waals surface area contributed by atoms with Gasteiger partial charge in [0.25, 0.3) is 0 Å². The Morgan fingerprint density at radius 2 is 1.83 bits per heavy atom. The van der Waals surface area contributed by atoms with Gasteiger partial charge in [0.2, 0.25) is 0 Å². The maximum atomic E-state index is 5.62. The Morgan fingerprint density at radius 1 is 1.04 bits per heavy atom. The maximum absolute atomic E-state index is 5.62. The SMILES string of the molecule is Cc1nn(-c2ccccc2)cc1CNc1ccc2c(c1)OCCO2. The summed E-state index contributed by atoms with van der Waals surface area (Å²) in [7, 11) is 0. The summed E-state index contributed by atoms with van der Waals surface area (Å²) in [6, 6.07) is 16.0. The average molecular weight is 321 g/mol. The van der Waals surface area contributed by atoms with Crippen LogP contribution in [0.25, 0.3) is 5.69 Å². The van der Waals surface area contributed by atoms with Crippen molar-refractivity contribution < 1.29 is 9.47 Å². The molecule has 1 N–H and O–H groups in total. The smallest absolute Gasteiger partial charge is 0.163 e. The second-order valence-electron chi connectivity index (χ2n) is 5.73. The summed E-state index contributed by atoms with van der Waals surface area (Å²) in [5.41, 5.74) is 4.25. The van der Waals surface area contributed by atoms with Gasteiger partial charge in [-0.1, -0.05) is 18.2 Å². The number of nitrogens with one attached hydrogen (secondary N) is 1. The van der Waals surface area contributed by atoms with Crippen molar-refractivity contribution in [2.75, 3.05) is 18.5 Å². The standard InChI is InChI=1S/C19H19N3O2/c1-14-15(13-22(21-14)17-5-3-2-4-6-17)12-20-16-7-8-18-19(11-16)24-10-9-23-18/h2-8,11,13,20H,9-10,12H2,1H3. The summed E-state index contributed by atoms with van der Waals surface area (Å²) in [6.07, 6.45) is 2.07. The lowest BCUT2D eigenvalue weighted by Gasteiger charge is -2.19. The molecule has 0 atom stereocenters. The molecular formula is C19H19N3O2. The molecule has 0 amide bonds. The Labute approximate surface area is 140 Å². The largest absolute Gasteiger partial charge is 0.486 e. The van der Waals surface area contributed by atoms with Crippen LogP contribution in [-0.2, 0) is 6.54 Å². The molecule has 3 aromatic rings. The zero-order chi connectivity index (χ0) is 16.4. The molecular weight excluding hydrogens is 302 g/mol. The van der Waals surface area contributed by atoms with E-state index in [9.17, 15) is 0 Å². The number of fused-ring (bicyclic) bond motifs is 1. The van der Waals surface area contributed by atoms with E-state index < -0.39 is 0 Å². The van der Waals surface area contributed by atoms with Gasteiger partial charge in [0.05, 0.1) is 11.4 Å². The van der Waals surface area contributed by atoms with Crippen LogP contribution in [0, 0.1) is 6.92 Å². The lowest BCUT2D eigenvalue weighted by atomic mass is 10.2. The number of ether oxygens (including phenoxy) is 2. The van der Waals surface area contributed by atoms with E-state index in [1.807, 2.05) is 60.1 Å². The number of rotatable bonds is 4. The number of aryl methyl sites for hydroxylation is 1. The number of para-hydroxylation sites is 1. The lowest BCUT2D eigenvalue weighted by molar-refractivity contribution is 0.171. The van der Waals surface area contributed by atoms with Crippen LogP contribution in [0.15, 0.2) is 54.7 Å². The van der Waals surface area contributed by atoms with Crippen LogP contribution >= 0.6 is 0 Å².